The van der Waals surface area contributed by atoms with E-state index in [1.54, 1.807) is 31.2 Å². The van der Waals surface area contributed by atoms with Gasteiger partial charge in [0.05, 0.1) is 4.90 Å². The summed E-state index contributed by atoms with van der Waals surface area (Å²) < 4.78 is 22.4. The van der Waals surface area contributed by atoms with E-state index >= 15 is 0 Å². The molecule has 1 amide bonds. The minimum Gasteiger partial charge on any atom is -0.322 e. The highest BCUT2D eigenvalue weighted by atomic mass is 35.7. The van der Waals surface area contributed by atoms with Gasteiger partial charge in [-0.1, -0.05) is 18.2 Å². The van der Waals surface area contributed by atoms with E-state index in [1.165, 1.54) is 18.2 Å². The quantitative estimate of drug-likeness (QED) is 0.886. The lowest BCUT2D eigenvalue weighted by molar-refractivity contribution is 0.102. The third-order valence-electron chi connectivity index (χ3n) is 2.76. The topological polar surface area (TPSA) is 63.2 Å². The number of amides is 1. The fraction of sp³-hybridized carbons (Fsp3) is 0.0714. The average molecular weight is 310 g/mol. The second-order valence-electron chi connectivity index (χ2n) is 4.23. The number of halogens is 1. The van der Waals surface area contributed by atoms with Crippen LogP contribution in [0.15, 0.2) is 53.4 Å². The number of benzene rings is 2. The van der Waals surface area contributed by atoms with Gasteiger partial charge in [-0.2, -0.15) is 0 Å². The number of nitrogens with one attached hydrogen (secondary N) is 1. The van der Waals surface area contributed by atoms with Crippen LogP contribution in [0.2, 0.25) is 0 Å². The Bertz CT molecular complexity index is 742. The van der Waals surface area contributed by atoms with E-state index in [0.29, 0.717) is 16.8 Å². The highest BCUT2D eigenvalue weighted by molar-refractivity contribution is 8.13. The minimum absolute atomic E-state index is 0.00868. The van der Waals surface area contributed by atoms with Crippen LogP contribution in [0.5, 0.6) is 0 Å². The Balaban J connectivity index is 2.25. The molecule has 0 aliphatic heterocycles. The van der Waals surface area contributed by atoms with Gasteiger partial charge < -0.3 is 5.32 Å². The van der Waals surface area contributed by atoms with E-state index < -0.39 is 9.05 Å². The van der Waals surface area contributed by atoms with E-state index in [9.17, 15) is 13.2 Å². The normalized spacial score (nSPS) is 11.1. The first-order chi connectivity index (χ1) is 9.38. The summed E-state index contributed by atoms with van der Waals surface area (Å²) in [7, 11) is 1.51. The van der Waals surface area contributed by atoms with Crippen LogP contribution < -0.4 is 5.32 Å². The van der Waals surface area contributed by atoms with E-state index in [-0.39, 0.29) is 10.8 Å². The third-order valence-corrected chi connectivity index (χ3v) is 4.12. The maximum Gasteiger partial charge on any atom is 0.261 e. The zero-order valence-corrected chi connectivity index (χ0v) is 12.2. The first-order valence-electron chi connectivity index (χ1n) is 5.79. The van der Waals surface area contributed by atoms with E-state index in [1.807, 2.05) is 6.07 Å². The Morgan fingerprint density at radius 1 is 1.10 bits per heavy atom. The van der Waals surface area contributed by atoms with Gasteiger partial charge in [-0.25, -0.2) is 8.42 Å². The number of carbonyl (C=O) groups excluding carboxylic acids is 1. The summed E-state index contributed by atoms with van der Waals surface area (Å²) in [5.41, 5.74) is 1.69. The van der Waals surface area contributed by atoms with Crippen LogP contribution in [0.1, 0.15) is 15.9 Å². The van der Waals surface area contributed by atoms with Crippen molar-refractivity contribution in [3.8, 4) is 0 Å². The molecule has 6 heteroatoms. The van der Waals surface area contributed by atoms with Gasteiger partial charge in [0.1, 0.15) is 0 Å². The van der Waals surface area contributed by atoms with Crippen molar-refractivity contribution < 1.29 is 13.2 Å². The Hall–Kier alpha value is -1.85. The van der Waals surface area contributed by atoms with Gasteiger partial charge in [0.15, 0.2) is 0 Å². The molecule has 0 aliphatic rings. The highest BCUT2D eigenvalue weighted by Gasteiger charge is 2.13. The SMILES string of the molecule is Cc1cc(S(=O)(=O)Cl)ccc1NC(=O)c1ccccc1. The fourth-order valence-electron chi connectivity index (χ4n) is 1.71. The molecule has 0 aromatic heterocycles. The zero-order valence-electron chi connectivity index (χ0n) is 10.6. The lowest BCUT2D eigenvalue weighted by atomic mass is 10.1. The summed E-state index contributed by atoms with van der Waals surface area (Å²) >= 11 is 0. The summed E-state index contributed by atoms with van der Waals surface area (Å²) in [4.78, 5) is 12.0. The number of anilines is 1. The first kappa shape index (κ1) is 14.6. The number of aryl methyl sites for hydroxylation is 1. The predicted molar refractivity (Wildman–Crippen MR) is 78.6 cm³/mol. The standard InChI is InChI=1S/C14H12ClNO3S/c1-10-9-12(20(15,18)19)7-8-13(10)16-14(17)11-5-3-2-4-6-11/h2-9H,1H3,(H,16,17). The molecule has 0 atom stereocenters. The molecular formula is C14H12ClNO3S. The summed E-state index contributed by atoms with van der Waals surface area (Å²) in [5, 5.41) is 2.73. The number of carbonyl (C=O) groups is 1. The van der Waals surface area contributed by atoms with Gasteiger partial charge in [-0.05, 0) is 42.8 Å². The molecule has 0 aliphatic carbocycles. The van der Waals surface area contributed by atoms with Crippen molar-refractivity contribution in [2.24, 2.45) is 0 Å². The fourth-order valence-corrected chi connectivity index (χ4v) is 2.55. The summed E-state index contributed by atoms with van der Waals surface area (Å²) in [6.07, 6.45) is 0. The van der Waals surface area contributed by atoms with Crippen LogP contribution in [0.25, 0.3) is 0 Å². The maximum absolute atomic E-state index is 12.0. The van der Waals surface area contributed by atoms with E-state index in [4.69, 9.17) is 10.7 Å². The molecule has 0 radical (unpaired) electrons. The van der Waals surface area contributed by atoms with E-state index in [0.717, 1.165) is 0 Å². The van der Waals surface area contributed by atoms with Crippen molar-refractivity contribution in [1.29, 1.82) is 0 Å². The molecule has 0 fully saturated rings. The van der Waals surface area contributed by atoms with Gasteiger partial charge >= 0.3 is 0 Å². The molecular weight excluding hydrogens is 298 g/mol. The summed E-state index contributed by atoms with van der Waals surface area (Å²) in [6.45, 7) is 1.70. The van der Waals surface area contributed by atoms with Gasteiger partial charge in [0, 0.05) is 21.9 Å². The van der Waals surface area contributed by atoms with E-state index in [2.05, 4.69) is 5.32 Å². The molecule has 0 spiro atoms. The molecule has 0 saturated carbocycles. The lowest BCUT2D eigenvalue weighted by Crippen LogP contribution is -2.12. The third kappa shape index (κ3) is 3.37. The van der Waals surface area contributed by atoms with Gasteiger partial charge in [-0.15, -0.1) is 0 Å². The summed E-state index contributed by atoms with van der Waals surface area (Å²) in [6, 6.07) is 13.0. The smallest absolute Gasteiger partial charge is 0.261 e. The summed E-state index contributed by atoms with van der Waals surface area (Å²) in [5.74, 6) is -0.254. The minimum atomic E-state index is -3.76. The van der Waals surface area contributed by atoms with Crippen molar-refractivity contribution in [3.05, 3.63) is 59.7 Å². The Labute approximate surface area is 121 Å². The van der Waals surface area contributed by atoms with Crippen molar-refractivity contribution in [2.75, 3.05) is 5.32 Å². The van der Waals surface area contributed by atoms with Crippen molar-refractivity contribution in [1.82, 2.24) is 0 Å². The molecule has 2 aromatic carbocycles. The van der Waals surface area contributed by atoms with Gasteiger partial charge in [-0.3, -0.25) is 4.79 Å². The first-order valence-corrected chi connectivity index (χ1v) is 8.10. The van der Waals surface area contributed by atoms with Gasteiger partial charge in [0.25, 0.3) is 15.0 Å². The zero-order chi connectivity index (χ0) is 14.8. The second kappa shape index (κ2) is 5.64. The average Bonchev–Trinajstić information content (AvgIpc) is 2.41. The molecule has 104 valence electrons. The van der Waals surface area contributed by atoms with Crippen LogP contribution in [0.3, 0.4) is 0 Å². The largest absolute Gasteiger partial charge is 0.322 e. The van der Waals surface area contributed by atoms with Crippen molar-refractivity contribution in [3.63, 3.8) is 0 Å². The number of rotatable bonds is 3. The van der Waals surface area contributed by atoms with Crippen molar-refractivity contribution in [2.45, 2.75) is 11.8 Å². The van der Waals surface area contributed by atoms with Crippen molar-refractivity contribution >= 4 is 31.3 Å². The molecule has 2 rings (SSSR count). The van der Waals surface area contributed by atoms with Crippen LogP contribution in [0.4, 0.5) is 5.69 Å². The Morgan fingerprint density at radius 2 is 1.75 bits per heavy atom. The molecule has 2 aromatic rings. The highest BCUT2D eigenvalue weighted by Crippen LogP contribution is 2.22. The second-order valence-corrected chi connectivity index (χ2v) is 6.80. The molecule has 0 unspecified atom stereocenters. The Morgan fingerprint density at radius 3 is 2.30 bits per heavy atom. The molecule has 0 saturated heterocycles. The molecule has 4 nitrogen and oxygen atoms in total. The molecule has 0 bridgehead atoms. The Kier molecular flexibility index (Phi) is 4.11. The van der Waals surface area contributed by atoms with Crippen LogP contribution in [-0.4, -0.2) is 14.3 Å². The maximum atomic E-state index is 12.0. The van der Waals surface area contributed by atoms with Crippen LogP contribution in [-0.2, 0) is 9.05 Å². The predicted octanol–water partition coefficient (Wildman–Crippen LogP) is 3.17. The van der Waals surface area contributed by atoms with Crippen LogP contribution >= 0.6 is 10.7 Å². The number of hydrogen-bond acceptors (Lipinski definition) is 3. The van der Waals surface area contributed by atoms with Crippen LogP contribution in [0, 0.1) is 6.92 Å². The van der Waals surface area contributed by atoms with Gasteiger partial charge in [0.2, 0.25) is 0 Å². The number of hydrogen-bond donors (Lipinski definition) is 1. The molecule has 20 heavy (non-hydrogen) atoms. The molecule has 1 N–H and O–H groups in total. The monoisotopic (exact) mass is 309 g/mol. The molecule has 0 heterocycles. The lowest BCUT2D eigenvalue weighted by Gasteiger charge is -2.09.